The molecule has 0 radical (unpaired) electrons. The fourth-order valence-electron chi connectivity index (χ4n) is 1.13. The molecule has 80 valence electrons. The molecule has 16 heavy (non-hydrogen) atoms. The molecule has 5 heteroatoms. The van der Waals surface area contributed by atoms with Crippen LogP contribution in [0.15, 0.2) is 43.0 Å². The number of tetrazole rings is 1. The Morgan fingerprint density at radius 1 is 1.25 bits per heavy atom. The SMILES string of the molecule is C=C/C=C\c1nnn(-c2ccc(Cl)cc2)n1. The standard InChI is InChI=1S/C11H9ClN4/c1-2-3-4-11-13-15-16(14-11)10-7-5-9(12)6-8-10/h2-8H,1H2/b4-3-. The third kappa shape index (κ3) is 2.35. The van der Waals surface area contributed by atoms with Gasteiger partial charge >= 0.3 is 0 Å². The van der Waals surface area contributed by atoms with Crippen molar-refractivity contribution >= 4 is 17.7 Å². The minimum Gasteiger partial charge on any atom is -0.131 e. The fraction of sp³-hybridized carbons (Fsp3) is 0. The number of aromatic nitrogens is 4. The Labute approximate surface area is 97.9 Å². The van der Waals surface area contributed by atoms with Gasteiger partial charge in [0.15, 0.2) is 5.82 Å². The van der Waals surface area contributed by atoms with Gasteiger partial charge < -0.3 is 0 Å². The molecule has 1 aromatic carbocycles. The Hall–Kier alpha value is -1.94. The molecular formula is C11H9ClN4. The summed E-state index contributed by atoms with van der Waals surface area (Å²) in [6.45, 7) is 3.57. The van der Waals surface area contributed by atoms with Crippen LogP contribution in [0.25, 0.3) is 11.8 Å². The maximum absolute atomic E-state index is 5.78. The highest BCUT2D eigenvalue weighted by Gasteiger charge is 2.01. The molecule has 0 saturated heterocycles. The third-order valence-electron chi connectivity index (χ3n) is 1.87. The molecule has 0 unspecified atom stereocenters. The zero-order valence-electron chi connectivity index (χ0n) is 8.42. The molecule has 0 bridgehead atoms. The topological polar surface area (TPSA) is 43.6 Å². The number of benzene rings is 1. The summed E-state index contributed by atoms with van der Waals surface area (Å²) in [6, 6.07) is 7.20. The van der Waals surface area contributed by atoms with E-state index in [0.29, 0.717) is 10.8 Å². The zero-order chi connectivity index (χ0) is 11.4. The van der Waals surface area contributed by atoms with E-state index < -0.39 is 0 Å². The van der Waals surface area contributed by atoms with E-state index in [0.717, 1.165) is 5.69 Å². The van der Waals surface area contributed by atoms with E-state index in [4.69, 9.17) is 11.6 Å². The van der Waals surface area contributed by atoms with Crippen molar-refractivity contribution in [2.45, 2.75) is 0 Å². The third-order valence-corrected chi connectivity index (χ3v) is 2.12. The lowest BCUT2D eigenvalue weighted by Gasteiger charge is -1.96. The van der Waals surface area contributed by atoms with Crippen molar-refractivity contribution < 1.29 is 0 Å². The largest absolute Gasteiger partial charge is 0.198 e. The van der Waals surface area contributed by atoms with Crippen LogP contribution in [0.1, 0.15) is 5.82 Å². The van der Waals surface area contributed by atoms with Crippen LogP contribution in [0.4, 0.5) is 0 Å². The Kier molecular flexibility index (Phi) is 3.12. The Balaban J connectivity index is 2.27. The maximum Gasteiger partial charge on any atom is 0.198 e. The van der Waals surface area contributed by atoms with Crippen molar-refractivity contribution in [3.05, 3.63) is 53.8 Å². The summed E-state index contributed by atoms with van der Waals surface area (Å²) in [5, 5.41) is 12.6. The van der Waals surface area contributed by atoms with Gasteiger partial charge in [0, 0.05) is 5.02 Å². The van der Waals surface area contributed by atoms with Gasteiger partial charge in [-0.3, -0.25) is 0 Å². The van der Waals surface area contributed by atoms with Crippen molar-refractivity contribution in [3.8, 4) is 5.69 Å². The van der Waals surface area contributed by atoms with Gasteiger partial charge in [-0.2, -0.15) is 0 Å². The Morgan fingerprint density at radius 2 is 2.00 bits per heavy atom. The number of allylic oxidation sites excluding steroid dienone is 2. The molecule has 0 amide bonds. The second-order valence-corrected chi connectivity index (χ2v) is 3.44. The summed E-state index contributed by atoms with van der Waals surface area (Å²) in [5.41, 5.74) is 0.815. The summed E-state index contributed by atoms with van der Waals surface area (Å²) < 4.78 is 0. The molecule has 1 heterocycles. The van der Waals surface area contributed by atoms with Crippen molar-refractivity contribution in [1.29, 1.82) is 0 Å². The molecule has 0 aliphatic carbocycles. The highest BCUT2D eigenvalue weighted by atomic mass is 35.5. The average Bonchev–Trinajstić information content (AvgIpc) is 2.76. The monoisotopic (exact) mass is 232 g/mol. The minimum absolute atomic E-state index is 0.537. The second-order valence-electron chi connectivity index (χ2n) is 3.01. The molecule has 0 saturated carbocycles. The lowest BCUT2D eigenvalue weighted by atomic mass is 10.3. The van der Waals surface area contributed by atoms with Crippen molar-refractivity contribution in [3.63, 3.8) is 0 Å². The van der Waals surface area contributed by atoms with Crippen LogP contribution in [-0.2, 0) is 0 Å². The van der Waals surface area contributed by atoms with E-state index in [-0.39, 0.29) is 0 Å². The van der Waals surface area contributed by atoms with E-state index in [2.05, 4.69) is 22.0 Å². The maximum atomic E-state index is 5.78. The predicted octanol–water partition coefficient (Wildman–Crippen LogP) is 2.51. The number of hydrogen-bond donors (Lipinski definition) is 0. The van der Waals surface area contributed by atoms with E-state index in [1.54, 1.807) is 30.4 Å². The first-order valence-corrected chi connectivity index (χ1v) is 5.02. The molecule has 0 spiro atoms. The first-order chi connectivity index (χ1) is 7.79. The summed E-state index contributed by atoms with van der Waals surface area (Å²) in [6.07, 6.45) is 5.14. The average molecular weight is 233 g/mol. The van der Waals surface area contributed by atoms with Crippen LogP contribution in [0.2, 0.25) is 5.02 Å². The number of hydrogen-bond acceptors (Lipinski definition) is 3. The van der Waals surface area contributed by atoms with Gasteiger partial charge in [0.05, 0.1) is 5.69 Å². The van der Waals surface area contributed by atoms with Crippen molar-refractivity contribution in [1.82, 2.24) is 20.2 Å². The Bertz CT molecular complexity index is 513. The van der Waals surface area contributed by atoms with Crippen LogP contribution in [0.3, 0.4) is 0 Å². The van der Waals surface area contributed by atoms with Crippen LogP contribution in [0, 0.1) is 0 Å². The molecule has 2 rings (SSSR count). The van der Waals surface area contributed by atoms with E-state index in [1.807, 2.05) is 12.1 Å². The van der Waals surface area contributed by atoms with Gasteiger partial charge in [0.25, 0.3) is 0 Å². The van der Waals surface area contributed by atoms with Gasteiger partial charge in [-0.15, -0.1) is 15.0 Å². The van der Waals surface area contributed by atoms with Crippen molar-refractivity contribution in [2.75, 3.05) is 0 Å². The summed E-state index contributed by atoms with van der Waals surface area (Å²) in [4.78, 5) is 1.44. The molecule has 2 aromatic rings. The van der Waals surface area contributed by atoms with Gasteiger partial charge in [-0.05, 0) is 35.6 Å². The highest BCUT2D eigenvalue weighted by molar-refractivity contribution is 6.30. The Morgan fingerprint density at radius 3 is 2.69 bits per heavy atom. The van der Waals surface area contributed by atoms with Crippen LogP contribution < -0.4 is 0 Å². The van der Waals surface area contributed by atoms with Crippen molar-refractivity contribution in [2.24, 2.45) is 0 Å². The van der Waals surface area contributed by atoms with Gasteiger partial charge in [0.2, 0.25) is 0 Å². The summed E-state index contributed by atoms with van der Waals surface area (Å²) >= 11 is 5.78. The van der Waals surface area contributed by atoms with E-state index in [1.165, 1.54) is 4.80 Å². The molecule has 0 aliphatic heterocycles. The number of halogens is 1. The molecule has 0 atom stereocenters. The van der Waals surface area contributed by atoms with Crippen LogP contribution in [-0.4, -0.2) is 20.2 Å². The van der Waals surface area contributed by atoms with Gasteiger partial charge in [-0.25, -0.2) is 0 Å². The van der Waals surface area contributed by atoms with E-state index >= 15 is 0 Å². The lowest BCUT2D eigenvalue weighted by molar-refractivity contribution is 0.719. The highest BCUT2D eigenvalue weighted by Crippen LogP contribution is 2.11. The quantitative estimate of drug-likeness (QED) is 0.764. The van der Waals surface area contributed by atoms with Gasteiger partial charge in [0.1, 0.15) is 0 Å². The van der Waals surface area contributed by atoms with Crippen LogP contribution in [0.5, 0.6) is 0 Å². The van der Waals surface area contributed by atoms with Gasteiger partial charge in [-0.1, -0.05) is 30.3 Å². The smallest absolute Gasteiger partial charge is 0.131 e. The van der Waals surface area contributed by atoms with E-state index in [9.17, 15) is 0 Å². The molecule has 4 nitrogen and oxygen atoms in total. The normalized spacial score (nSPS) is 10.8. The van der Waals surface area contributed by atoms with Crippen LogP contribution >= 0.6 is 11.6 Å². The molecule has 0 aliphatic rings. The number of rotatable bonds is 3. The molecule has 1 aromatic heterocycles. The summed E-state index contributed by atoms with van der Waals surface area (Å²) in [5.74, 6) is 0.537. The number of nitrogens with zero attached hydrogens (tertiary/aromatic N) is 4. The molecule has 0 N–H and O–H groups in total. The molecule has 0 fully saturated rings. The summed E-state index contributed by atoms with van der Waals surface area (Å²) in [7, 11) is 0. The minimum atomic E-state index is 0.537. The predicted molar refractivity (Wildman–Crippen MR) is 63.4 cm³/mol. The lowest BCUT2D eigenvalue weighted by Crippen LogP contribution is -1.98. The molecular weight excluding hydrogens is 224 g/mol. The first-order valence-electron chi connectivity index (χ1n) is 4.64. The second kappa shape index (κ2) is 4.72. The first kappa shape index (κ1) is 10.6. The fourth-order valence-corrected chi connectivity index (χ4v) is 1.26. The zero-order valence-corrected chi connectivity index (χ0v) is 9.17.